The Labute approximate surface area is 144 Å². The van der Waals surface area contributed by atoms with E-state index in [2.05, 4.69) is 50.0 Å². The fourth-order valence-electron chi connectivity index (χ4n) is 3.95. The first kappa shape index (κ1) is 14.5. The lowest BCUT2D eigenvalue weighted by atomic mass is 9.80. The summed E-state index contributed by atoms with van der Waals surface area (Å²) in [5, 5.41) is 2.12. The molecule has 1 aliphatic carbocycles. The summed E-state index contributed by atoms with van der Waals surface area (Å²) in [4.78, 5) is 12.0. The van der Waals surface area contributed by atoms with Crippen molar-refractivity contribution < 1.29 is 0 Å². The Bertz CT molecular complexity index is 1070. The van der Waals surface area contributed by atoms with Gasteiger partial charge in [0.2, 0.25) is 0 Å². The second-order valence-corrected chi connectivity index (χ2v) is 6.91. The van der Waals surface area contributed by atoms with Crippen molar-refractivity contribution in [3.05, 3.63) is 43.0 Å². The highest BCUT2D eigenvalue weighted by molar-refractivity contribution is 6.02. The maximum Gasteiger partial charge on any atom is 0.146 e. The molecule has 1 aliphatic rings. The van der Waals surface area contributed by atoms with Crippen molar-refractivity contribution in [2.45, 2.75) is 18.9 Å². The molecule has 0 unspecified atom stereocenters. The smallest absolute Gasteiger partial charge is 0.146 e. The number of nitrogen functional groups attached to an aromatic ring is 1. The lowest BCUT2D eigenvalue weighted by Crippen LogP contribution is -2.31. The second-order valence-electron chi connectivity index (χ2n) is 6.91. The summed E-state index contributed by atoms with van der Waals surface area (Å²) >= 11 is 0. The summed E-state index contributed by atoms with van der Waals surface area (Å²) < 4.78 is 2.26. The van der Waals surface area contributed by atoms with Gasteiger partial charge < -0.3 is 21.0 Å². The number of hydrogen-bond acceptors (Lipinski definition) is 4. The van der Waals surface area contributed by atoms with Crippen LogP contribution >= 0.6 is 0 Å². The maximum absolute atomic E-state index is 6.22. The zero-order valence-electron chi connectivity index (χ0n) is 13.8. The molecule has 6 nitrogen and oxygen atoms in total. The van der Waals surface area contributed by atoms with E-state index in [0.29, 0.717) is 17.8 Å². The number of hydrogen-bond donors (Lipinski definition) is 3. The van der Waals surface area contributed by atoms with Crippen LogP contribution in [0, 0.1) is 5.92 Å². The molecule has 126 valence electrons. The second kappa shape index (κ2) is 5.32. The number of fused-ring (bicyclic) bond motifs is 2. The van der Waals surface area contributed by atoms with Gasteiger partial charge in [0.05, 0.1) is 5.39 Å². The van der Waals surface area contributed by atoms with E-state index < -0.39 is 0 Å². The molecule has 0 aliphatic heterocycles. The van der Waals surface area contributed by atoms with Gasteiger partial charge in [-0.3, -0.25) is 0 Å². The Kier molecular flexibility index (Phi) is 3.08. The molecule has 0 spiro atoms. The van der Waals surface area contributed by atoms with Crippen LogP contribution in [0.25, 0.3) is 33.1 Å². The highest BCUT2D eigenvalue weighted by Gasteiger charge is 2.31. The van der Waals surface area contributed by atoms with Crippen molar-refractivity contribution in [1.82, 2.24) is 19.5 Å². The maximum atomic E-state index is 6.22. The molecule has 0 atom stereocenters. The van der Waals surface area contributed by atoms with E-state index in [-0.39, 0.29) is 0 Å². The molecule has 1 saturated carbocycles. The van der Waals surface area contributed by atoms with Gasteiger partial charge in [0.15, 0.2) is 0 Å². The third-order valence-electron chi connectivity index (χ3n) is 5.44. The zero-order chi connectivity index (χ0) is 17.0. The van der Waals surface area contributed by atoms with Crippen molar-refractivity contribution in [3.63, 3.8) is 0 Å². The summed E-state index contributed by atoms with van der Waals surface area (Å²) in [6.45, 7) is 0.754. The molecule has 1 fully saturated rings. The number of H-pyrrole nitrogens is 1. The fraction of sp³-hybridized carbons (Fsp3) is 0.263. The number of aromatic nitrogens is 4. The summed E-state index contributed by atoms with van der Waals surface area (Å²) in [6.07, 6.45) is 7.88. The van der Waals surface area contributed by atoms with Gasteiger partial charge in [-0.15, -0.1) is 0 Å². The van der Waals surface area contributed by atoms with E-state index in [4.69, 9.17) is 11.5 Å². The monoisotopic (exact) mass is 332 g/mol. The quantitative estimate of drug-likeness (QED) is 0.537. The Morgan fingerprint density at radius 1 is 1.20 bits per heavy atom. The third kappa shape index (κ3) is 2.14. The number of nitrogens with one attached hydrogen (secondary N) is 1. The minimum Gasteiger partial charge on any atom is -0.383 e. The number of rotatable bonds is 3. The molecule has 0 bridgehead atoms. The minimum atomic E-state index is 0.440. The summed E-state index contributed by atoms with van der Waals surface area (Å²) in [5.74, 6) is 1.14. The van der Waals surface area contributed by atoms with E-state index in [0.717, 1.165) is 47.1 Å². The van der Waals surface area contributed by atoms with Gasteiger partial charge in [0.1, 0.15) is 17.8 Å². The fourth-order valence-corrected chi connectivity index (χ4v) is 3.95. The van der Waals surface area contributed by atoms with Gasteiger partial charge in [-0.2, -0.15) is 0 Å². The van der Waals surface area contributed by atoms with Crippen LogP contribution in [0.3, 0.4) is 0 Å². The zero-order valence-corrected chi connectivity index (χ0v) is 13.8. The van der Waals surface area contributed by atoms with E-state index >= 15 is 0 Å². The normalized spacial score (nSPS) is 20.2. The molecule has 6 heteroatoms. The number of nitrogens with zero attached hydrogens (tertiary/aromatic N) is 3. The predicted octanol–water partition coefficient (Wildman–Crippen LogP) is 3.07. The summed E-state index contributed by atoms with van der Waals surface area (Å²) in [7, 11) is 0. The summed E-state index contributed by atoms with van der Waals surface area (Å²) in [6, 6.07) is 8.92. The van der Waals surface area contributed by atoms with Gasteiger partial charge >= 0.3 is 0 Å². The lowest BCUT2D eigenvalue weighted by Gasteiger charge is -2.35. The van der Waals surface area contributed by atoms with Crippen molar-refractivity contribution in [3.8, 4) is 11.1 Å². The van der Waals surface area contributed by atoms with Crippen LogP contribution in [0.2, 0.25) is 0 Å². The van der Waals surface area contributed by atoms with Gasteiger partial charge in [-0.05, 0) is 54.5 Å². The highest BCUT2D eigenvalue weighted by atomic mass is 15.1. The van der Waals surface area contributed by atoms with Gasteiger partial charge in [0, 0.05) is 29.5 Å². The standard InChI is InChI=1S/C19H20N6/c20-8-11-5-14(6-11)25-9-15(17-18(21)23-10-24-19(17)25)12-1-2-16-13(7-12)3-4-22-16/h1-4,7,9-11,14,22H,5-6,8,20H2,(H2,21,23,24). The van der Waals surface area contributed by atoms with Crippen molar-refractivity contribution >= 4 is 27.8 Å². The average molecular weight is 332 g/mol. The van der Waals surface area contributed by atoms with E-state index in [9.17, 15) is 0 Å². The number of anilines is 1. The van der Waals surface area contributed by atoms with Crippen LogP contribution in [-0.4, -0.2) is 26.1 Å². The van der Waals surface area contributed by atoms with Crippen molar-refractivity contribution in [2.75, 3.05) is 12.3 Å². The molecule has 4 aromatic rings. The van der Waals surface area contributed by atoms with Crippen LogP contribution in [0.5, 0.6) is 0 Å². The number of nitrogens with two attached hydrogens (primary N) is 2. The molecule has 5 rings (SSSR count). The van der Waals surface area contributed by atoms with Gasteiger partial charge in [-0.1, -0.05) is 6.07 Å². The van der Waals surface area contributed by atoms with Crippen LogP contribution in [0.1, 0.15) is 18.9 Å². The molecule has 25 heavy (non-hydrogen) atoms. The first-order valence-electron chi connectivity index (χ1n) is 8.63. The predicted molar refractivity (Wildman–Crippen MR) is 100 cm³/mol. The Balaban J connectivity index is 1.69. The molecule has 1 aromatic carbocycles. The molecule has 3 aromatic heterocycles. The van der Waals surface area contributed by atoms with E-state index in [1.807, 2.05) is 6.20 Å². The SMILES string of the molecule is NCC1CC(n2cc(-c3ccc4[nH]ccc4c3)c3c(N)ncnc32)C1. The largest absolute Gasteiger partial charge is 0.383 e. The first-order chi connectivity index (χ1) is 12.2. The van der Waals surface area contributed by atoms with Crippen molar-refractivity contribution in [1.29, 1.82) is 0 Å². The molecule has 0 amide bonds. The molecular formula is C19H20N6. The first-order valence-corrected chi connectivity index (χ1v) is 8.63. The Morgan fingerprint density at radius 2 is 2.08 bits per heavy atom. The summed E-state index contributed by atoms with van der Waals surface area (Å²) in [5.41, 5.74) is 16.3. The molecule has 0 radical (unpaired) electrons. The third-order valence-corrected chi connectivity index (χ3v) is 5.44. The lowest BCUT2D eigenvalue weighted by molar-refractivity contribution is 0.209. The Hall–Kier alpha value is -2.86. The highest BCUT2D eigenvalue weighted by Crippen LogP contribution is 2.42. The van der Waals surface area contributed by atoms with Gasteiger partial charge in [0.25, 0.3) is 0 Å². The molecular weight excluding hydrogens is 312 g/mol. The minimum absolute atomic E-state index is 0.440. The Morgan fingerprint density at radius 3 is 2.92 bits per heavy atom. The van der Waals surface area contributed by atoms with Crippen molar-refractivity contribution in [2.24, 2.45) is 11.7 Å². The average Bonchev–Trinajstić information content (AvgIpc) is 3.19. The van der Waals surface area contributed by atoms with Gasteiger partial charge in [-0.25, -0.2) is 9.97 Å². The topological polar surface area (TPSA) is 98.5 Å². The van der Waals surface area contributed by atoms with E-state index in [1.54, 1.807) is 6.33 Å². The number of aromatic amines is 1. The van der Waals surface area contributed by atoms with E-state index in [1.165, 1.54) is 5.39 Å². The van der Waals surface area contributed by atoms with Crippen LogP contribution in [0.15, 0.2) is 43.0 Å². The van der Waals surface area contributed by atoms with Crippen LogP contribution < -0.4 is 11.5 Å². The molecule has 5 N–H and O–H groups in total. The molecule has 0 saturated heterocycles. The number of benzene rings is 1. The van der Waals surface area contributed by atoms with Crippen LogP contribution in [-0.2, 0) is 0 Å². The molecule has 3 heterocycles. The van der Waals surface area contributed by atoms with Crippen LogP contribution in [0.4, 0.5) is 5.82 Å².